The fraction of sp³-hybridized carbons (Fsp3) is 0.571. The molecule has 0 radical (unpaired) electrons. The lowest BCUT2D eigenvalue weighted by Crippen LogP contribution is -1.76. The number of hydrogen-bond donors (Lipinski definition) is 0. The number of unbranched alkanes of at least 4 members (excludes halogenated alkanes) is 1. The van der Waals surface area contributed by atoms with Crippen LogP contribution in [0.3, 0.4) is 0 Å². The Hall–Kier alpha value is -0.370. The predicted molar refractivity (Wildman–Crippen MR) is 40.7 cm³/mol. The molecule has 0 atom stereocenters. The van der Waals surface area contributed by atoms with Crippen molar-refractivity contribution in [3.05, 3.63) is 17.1 Å². The second-order valence-electron chi connectivity index (χ2n) is 2.08. The first-order valence-electron chi connectivity index (χ1n) is 3.33. The molecule has 2 heteroatoms. The third-order valence-corrected chi connectivity index (χ3v) is 2.07. The minimum atomic E-state index is 1.21. The number of hydrogen-bond acceptors (Lipinski definition) is 2. The van der Waals surface area contributed by atoms with Crippen molar-refractivity contribution >= 4 is 11.5 Å². The van der Waals surface area contributed by atoms with Gasteiger partial charge in [-0.3, -0.25) is 0 Å². The molecule has 0 amide bonds. The summed E-state index contributed by atoms with van der Waals surface area (Å²) in [5.74, 6) is 0. The minimum Gasteiger partial charge on any atom is -0.201 e. The topological polar surface area (TPSA) is 12.9 Å². The van der Waals surface area contributed by atoms with Crippen molar-refractivity contribution in [1.82, 2.24) is 4.37 Å². The Morgan fingerprint density at radius 2 is 2.56 bits per heavy atom. The monoisotopic (exact) mass is 141 g/mol. The van der Waals surface area contributed by atoms with Crippen LogP contribution in [-0.4, -0.2) is 4.37 Å². The van der Waals surface area contributed by atoms with Crippen LogP contribution >= 0.6 is 11.5 Å². The summed E-state index contributed by atoms with van der Waals surface area (Å²) < 4.78 is 4.02. The van der Waals surface area contributed by atoms with Crippen molar-refractivity contribution in [3.8, 4) is 0 Å². The summed E-state index contributed by atoms with van der Waals surface area (Å²) in [7, 11) is 0. The van der Waals surface area contributed by atoms with Crippen molar-refractivity contribution in [2.24, 2.45) is 0 Å². The van der Waals surface area contributed by atoms with E-state index in [1.165, 1.54) is 24.1 Å². The van der Waals surface area contributed by atoms with Crippen molar-refractivity contribution in [1.29, 1.82) is 0 Å². The van der Waals surface area contributed by atoms with Gasteiger partial charge in [-0.05, 0) is 30.4 Å². The number of aromatic nitrogens is 1. The highest BCUT2D eigenvalue weighted by atomic mass is 32.1. The summed E-state index contributed by atoms with van der Waals surface area (Å²) in [5, 5.41) is 0. The standard InChI is InChI=1S/C7H11NS/c1-2-3-4-7-5-6-8-9-7/h5-6H,2-4H2,1H3. The molecule has 0 bridgehead atoms. The lowest BCUT2D eigenvalue weighted by molar-refractivity contribution is 0.804. The second-order valence-corrected chi connectivity index (χ2v) is 3.00. The van der Waals surface area contributed by atoms with Crippen LogP contribution in [0.2, 0.25) is 0 Å². The fourth-order valence-electron chi connectivity index (χ4n) is 0.722. The molecule has 1 heterocycles. The number of nitrogens with zero attached hydrogens (tertiary/aromatic N) is 1. The lowest BCUT2D eigenvalue weighted by atomic mass is 10.2. The van der Waals surface area contributed by atoms with Crippen LogP contribution < -0.4 is 0 Å². The van der Waals surface area contributed by atoms with Crippen LogP contribution in [0.25, 0.3) is 0 Å². The molecule has 0 spiro atoms. The fourth-order valence-corrected chi connectivity index (χ4v) is 1.34. The zero-order valence-corrected chi connectivity index (χ0v) is 6.45. The Morgan fingerprint density at radius 3 is 3.11 bits per heavy atom. The van der Waals surface area contributed by atoms with Gasteiger partial charge in [0.15, 0.2) is 0 Å². The first-order chi connectivity index (χ1) is 4.43. The summed E-state index contributed by atoms with van der Waals surface area (Å²) in [6.45, 7) is 2.21. The zero-order chi connectivity index (χ0) is 6.53. The van der Waals surface area contributed by atoms with Crippen LogP contribution in [-0.2, 0) is 6.42 Å². The highest BCUT2D eigenvalue weighted by Crippen LogP contribution is 2.07. The molecular weight excluding hydrogens is 130 g/mol. The average molecular weight is 141 g/mol. The SMILES string of the molecule is CCCCc1ccns1. The summed E-state index contributed by atoms with van der Waals surface area (Å²) in [6, 6.07) is 2.10. The Bertz CT molecular complexity index is 146. The Labute approximate surface area is 59.9 Å². The molecule has 1 nitrogen and oxygen atoms in total. The van der Waals surface area contributed by atoms with E-state index in [1.54, 1.807) is 11.5 Å². The molecule has 1 aromatic heterocycles. The van der Waals surface area contributed by atoms with Crippen molar-refractivity contribution in [2.75, 3.05) is 0 Å². The van der Waals surface area contributed by atoms with Gasteiger partial charge in [-0.25, -0.2) is 4.37 Å². The summed E-state index contributed by atoms with van der Waals surface area (Å²) in [6.07, 6.45) is 5.65. The van der Waals surface area contributed by atoms with Gasteiger partial charge in [-0.1, -0.05) is 13.3 Å². The van der Waals surface area contributed by atoms with Gasteiger partial charge in [-0.15, -0.1) is 0 Å². The number of aryl methyl sites for hydroxylation is 1. The van der Waals surface area contributed by atoms with Crippen LogP contribution in [0.1, 0.15) is 24.6 Å². The summed E-state index contributed by atoms with van der Waals surface area (Å²) in [5.41, 5.74) is 0. The minimum absolute atomic E-state index is 1.21. The van der Waals surface area contributed by atoms with Gasteiger partial charge >= 0.3 is 0 Å². The van der Waals surface area contributed by atoms with Crippen molar-refractivity contribution in [3.63, 3.8) is 0 Å². The van der Waals surface area contributed by atoms with E-state index in [9.17, 15) is 0 Å². The first-order valence-corrected chi connectivity index (χ1v) is 4.10. The largest absolute Gasteiger partial charge is 0.201 e. The molecule has 0 fully saturated rings. The summed E-state index contributed by atoms with van der Waals surface area (Å²) in [4.78, 5) is 1.41. The number of rotatable bonds is 3. The molecule has 0 saturated carbocycles. The first kappa shape index (κ1) is 6.75. The lowest BCUT2D eigenvalue weighted by Gasteiger charge is -1.89. The van der Waals surface area contributed by atoms with Crippen molar-refractivity contribution in [2.45, 2.75) is 26.2 Å². The third kappa shape index (κ3) is 2.14. The second kappa shape index (κ2) is 3.62. The molecule has 1 aromatic rings. The highest BCUT2D eigenvalue weighted by Gasteiger charge is 1.90. The molecule has 0 saturated heterocycles. The predicted octanol–water partition coefficient (Wildman–Crippen LogP) is 2.49. The van der Waals surface area contributed by atoms with Crippen LogP contribution in [0.5, 0.6) is 0 Å². The Kier molecular flexibility index (Phi) is 2.71. The molecule has 0 aromatic carbocycles. The van der Waals surface area contributed by atoms with Gasteiger partial charge in [-0.2, -0.15) is 0 Å². The van der Waals surface area contributed by atoms with Crippen LogP contribution in [0.15, 0.2) is 12.3 Å². The maximum absolute atomic E-state index is 4.02. The highest BCUT2D eigenvalue weighted by molar-refractivity contribution is 7.05. The van der Waals surface area contributed by atoms with E-state index in [-0.39, 0.29) is 0 Å². The van der Waals surface area contributed by atoms with Gasteiger partial charge in [0.05, 0.1) is 0 Å². The van der Waals surface area contributed by atoms with E-state index in [0.29, 0.717) is 0 Å². The van der Waals surface area contributed by atoms with Crippen molar-refractivity contribution < 1.29 is 0 Å². The van der Waals surface area contributed by atoms with E-state index in [1.807, 2.05) is 6.20 Å². The Balaban J connectivity index is 2.30. The molecule has 1 rings (SSSR count). The third-order valence-electron chi connectivity index (χ3n) is 1.27. The molecular formula is C7H11NS. The van der Waals surface area contributed by atoms with Gasteiger partial charge < -0.3 is 0 Å². The smallest absolute Gasteiger partial charge is 0.0409 e. The molecule has 0 aliphatic carbocycles. The average Bonchev–Trinajstić information content (AvgIpc) is 2.34. The van der Waals surface area contributed by atoms with E-state index in [0.717, 1.165) is 0 Å². The van der Waals surface area contributed by atoms with Gasteiger partial charge in [0.25, 0.3) is 0 Å². The van der Waals surface area contributed by atoms with Gasteiger partial charge in [0, 0.05) is 11.1 Å². The molecule has 0 N–H and O–H groups in total. The quantitative estimate of drug-likeness (QED) is 0.630. The molecule has 0 aliphatic heterocycles. The molecule has 0 aliphatic rings. The van der Waals surface area contributed by atoms with Crippen LogP contribution in [0.4, 0.5) is 0 Å². The van der Waals surface area contributed by atoms with Crippen LogP contribution in [0, 0.1) is 0 Å². The van der Waals surface area contributed by atoms with E-state index < -0.39 is 0 Å². The molecule has 9 heavy (non-hydrogen) atoms. The maximum atomic E-state index is 4.02. The van der Waals surface area contributed by atoms with E-state index in [2.05, 4.69) is 17.4 Å². The zero-order valence-electron chi connectivity index (χ0n) is 5.63. The van der Waals surface area contributed by atoms with Gasteiger partial charge in [0.2, 0.25) is 0 Å². The molecule has 0 unspecified atom stereocenters. The summed E-state index contributed by atoms with van der Waals surface area (Å²) >= 11 is 1.61. The van der Waals surface area contributed by atoms with Gasteiger partial charge in [0.1, 0.15) is 0 Å². The van der Waals surface area contributed by atoms with E-state index in [4.69, 9.17) is 0 Å². The van der Waals surface area contributed by atoms with E-state index >= 15 is 0 Å². The normalized spacial score (nSPS) is 9.89. The molecule has 50 valence electrons. The Morgan fingerprint density at radius 1 is 1.67 bits per heavy atom. The maximum Gasteiger partial charge on any atom is 0.0409 e.